The molecule has 0 fully saturated rings. The molecule has 0 amide bonds. The first-order chi connectivity index (χ1) is 8.38. The normalized spacial score (nSPS) is 14.4. The van der Waals surface area contributed by atoms with E-state index >= 15 is 0 Å². The van der Waals surface area contributed by atoms with E-state index in [1.165, 1.54) is 19.1 Å². The minimum Gasteiger partial charge on any atom is -0.486 e. The van der Waals surface area contributed by atoms with Crippen molar-refractivity contribution >= 4 is 5.78 Å². The van der Waals surface area contributed by atoms with Crippen LogP contribution in [0.2, 0.25) is 0 Å². The molecule has 0 aliphatic carbocycles. The molecule has 0 radical (unpaired) electrons. The van der Waals surface area contributed by atoms with Crippen LogP contribution in [0.25, 0.3) is 0 Å². The molecule has 1 aliphatic heterocycles. The average molecular weight is 256 g/mol. The Morgan fingerprint density at radius 1 is 1.33 bits per heavy atom. The summed E-state index contributed by atoms with van der Waals surface area (Å²) in [6.07, 6.45) is 0.0651. The fourth-order valence-corrected chi connectivity index (χ4v) is 1.88. The summed E-state index contributed by atoms with van der Waals surface area (Å²) in [5.41, 5.74) is 0.291. The molecule has 1 aromatic rings. The summed E-state index contributed by atoms with van der Waals surface area (Å²) < 4.78 is 37.4. The molecule has 0 saturated carbocycles. The lowest BCUT2D eigenvalue weighted by Crippen LogP contribution is -2.19. The molecule has 0 saturated heterocycles. The highest BCUT2D eigenvalue weighted by molar-refractivity contribution is 5.79. The molecular weight excluding hydrogens is 242 g/mol. The summed E-state index contributed by atoms with van der Waals surface area (Å²) in [7, 11) is 0. The van der Waals surface area contributed by atoms with Crippen molar-refractivity contribution in [2.75, 3.05) is 13.2 Å². The fourth-order valence-electron chi connectivity index (χ4n) is 1.88. The largest absolute Gasteiger partial charge is 0.486 e. The van der Waals surface area contributed by atoms with E-state index in [2.05, 4.69) is 0 Å². The van der Waals surface area contributed by atoms with E-state index in [1.807, 2.05) is 0 Å². The first-order valence-electron chi connectivity index (χ1n) is 5.68. The Morgan fingerprint density at radius 2 is 2.00 bits per heavy atom. The van der Waals surface area contributed by atoms with E-state index in [4.69, 9.17) is 9.47 Å². The molecule has 1 aliphatic rings. The molecule has 0 aromatic heterocycles. The maximum atomic E-state index is 13.4. The minimum absolute atomic E-state index is 0.0651. The molecular formula is C13H14F2O3. The van der Waals surface area contributed by atoms with Crippen molar-refractivity contribution in [3.8, 4) is 11.5 Å². The molecule has 5 heteroatoms. The Kier molecular flexibility index (Phi) is 3.24. The smallest absolute Gasteiger partial charge is 0.270 e. The number of alkyl halides is 2. The van der Waals surface area contributed by atoms with E-state index < -0.39 is 5.92 Å². The number of halogens is 2. The van der Waals surface area contributed by atoms with Crippen molar-refractivity contribution in [1.82, 2.24) is 0 Å². The molecule has 98 valence electrons. The van der Waals surface area contributed by atoms with Crippen LogP contribution in [-0.2, 0) is 17.1 Å². The molecule has 18 heavy (non-hydrogen) atoms. The van der Waals surface area contributed by atoms with Gasteiger partial charge in [-0.25, -0.2) is 8.78 Å². The average Bonchev–Trinajstić information content (AvgIpc) is 2.27. The standard InChI is InChI=1S/C13H14F2O3/c1-8(16)5-9-6-10(13(2,14)15)7-11-12(9)18-4-3-17-11/h6-7H,3-5H2,1-2H3. The lowest BCUT2D eigenvalue weighted by atomic mass is 10.0. The molecule has 1 heterocycles. The van der Waals surface area contributed by atoms with E-state index in [9.17, 15) is 13.6 Å². The van der Waals surface area contributed by atoms with Crippen LogP contribution in [0.4, 0.5) is 8.78 Å². The van der Waals surface area contributed by atoms with Gasteiger partial charge in [-0.15, -0.1) is 0 Å². The zero-order valence-corrected chi connectivity index (χ0v) is 10.3. The van der Waals surface area contributed by atoms with Gasteiger partial charge in [0.2, 0.25) is 0 Å². The number of carbonyl (C=O) groups is 1. The van der Waals surface area contributed by atoms with Gasteiger partial charge < -0.3 is 9.47 Å². The summed E-state index contributed by atoms with van der Waals surface area (Å²) in [6, 6.07) is 2.59. The highest BCUT2D eigenvalue weighted by atomic mass is 19.3. The number of hydrogen-bond acceptors (Lipinski definition) is 3. The second kappa shape index (κ2) is 4.55. The monoisotopic (exact) mass is 256 g/mol. The predicted molar refractivity (Wildman–Crippen MR) is 61.4 cm³/mol. The predicted octanol–water partition coefficient (Wildman–Crippen LogP) is 2.70. The van der Waals surface area contributed by atoms with Gasteiger partial charge in [0.05, 0.1) is 0 Å². The van der Waals surface area contributed by atoms with E-state index in [0.29, 0.717) is 24.5 Å². The topological polar surface area (TPSA) is 35.5 Å². The molecule has 0 spiro atoms. The lowest BCUT2D eigenvalue weighted by molar-refractivity contribution is -0.116. The van der Waals surface area contributed by atoms with Gasteiger partial charge in [-0.1, -0.05) is 0 Å². The van der Waals surface area contributed by atoms with E-state index in [-0.39, 0.29) is 23.5 Å². The molecule has 0 unspecified atom stereocenters. The van der Waals surface area contributed by atoms with Crippen LogP contribution in [0.3, 0.4) is 0 Å². The number of fused-ring (bicyclic) bond motifs is 1. The Labute approximate surface area is 104 Å². The Bertz CT molecular complexity index is 478. The second-order valence-corrected chi connectivity index (χ2v) is 4.43. The lowest BCUT2D eigenvalue weighted by Gasteiger charge is -2.23. The number of Topliss-reactive ketones (excluding diaryl/α,β-unsaturated/α-hetero) is 1. The number of benzene rings is 1. The third-order valence-corrected chi connectivity index (χ3v) is 2.67. The van der Waals surface area contributed by atoms with Crippen molar-refractivity contribution < 1.29 is 23.0 Å². The quantitative estimate of drug-likeness (QED) is 0.834. The fraction of sp³-hybridized carbons (Fsp3) is 0.462. The zero-order valence-electron chi connectivity index (χ0n) is 10.3. The van der Waals surface area contributed by atoms with Gasteiger partial charge in [-0.3, -0.25) is 4.79 Å². The van der Waals surface area contributed by atoms with Crippen LogP contribution in [0, 0.1) is 0 Å². The second-order valence-electron chi connectivity index (χ2n) is 4.43. The van der Waals surface area contributed by atoms with Gasteiger partial charge in [0, 0.05) is 24.5 Å². The highest BCUT2D eigenvalue weighted by Crippen LogP contribution is 2.40. The van der Waals surface area contributed by atoms with Gasteiger partial charge in [0.15, 0.2) is 11.5 Å². The zero-order chi connectivity index (χ0) is 13.3. The SMILES string of the molecule is CC(=O)Cc1cc(C(C)(F)F)cc2c1OCCO2. The molecule has 0 bridgehead atoms. The molecule has 1 aromatic carbocycles. The van der Waals surface area contributed by atoms with Crippen LogP contribution in [0.15, 0.2) is 12.1 Å². The number of hydrogen-bond donors (Lipinski definition) is 0. The minimum atomic E-state index is -2.97. The van der Waals surface area contributed by atoms with Gasteiger partial charge in [0.1, 0.15) is 19.0 Å². The van der Waals surface area contributed by atoms with Gasteiger partial charge in [-0.2, -0.15) is 0 Å². The maximum Gasteiger partial charge on any atom is 0.270 e. The van der Waals surface area contributed by atoms with Gasteiger partial charge >= 0.3 is 0 Å². The number of ether oxygens (including phenoxy) is 2. The van der Waals surface area contributed by atoms with Gasteiger partial charge in [-0.05, 0) is 19.1 Å². The summed E-state index contributed by atoms with van der Waals surface area (Å²) in [4.78, 5) is 11.2. The summed E-state index contributed by atoms with van der Waals surface area (Å²) >= 11 is 0. The van der Waals surface area contributed by atoms with Crippen molar-refractivity contribution in [1.29, 1.82) is 0 Å². The maximum absolute atomic E-state index is 13.4. The van der Waals surface area contributed by atoms with Crippen molar-refractivity contribution in [2.45, 2.75) is 26.2 Å². The number of rotatable bonds is 3. The van der Waals surface area contributed by atoms with Gasteiger partial charge in [0.25, 0.3) is 5.92 Å². The van der Waals surface area contributed by atoms with Crippen molar-refractivity contribution in [2.24, 2.45) is 0 Å². The van der Waals surface area contributed by atoms with Crippen LogP contribution in [0.5, 0.6) is 11.5 Å². The Balaban J connectivity index is 2.51. The van der Waals surface area contributed by atoms with E-state index in [1.54, 1.807) is 0 Å². The van der Waals surface area contributed by atoms with E-state index in [0.717, 1.165) is 6.92 Å². The van der Waals surface area contributed by atoms with Crippen LogP contribution in [0.1, 0.15) is 25.0 Å². The highest BCUT2D eigenvalue weighted by Gasteiger charge is 2.29. The third kappa shape index (κ3) is 2.60. The first kappa shape index (κ1) is 12.8. The van der Waals surface area contributed by atoms with Crippen LogP contribution in [-0.4, -0.2) is 19.0 Å². The molecule has 0 atom stereocenters. The molecule has 0 N–H and O–H groups in total. The number of ketones is 1. The first-order valence-corrected chi connectivity index (χ1v) is 5.68. The Morgan fingerprint density at radius 3 is 2.61 bits per heavy atom. The van der Waals surface area contributed by atoms with Crippen molar-refractivity contribution in [3.05, 3.63) is 23.3 Å². The molecule has 3 nitrogen and oxygen atoms in total. The summed E-state index contributed by atoms with van der Waals surface area (Å²) in [6.45, 7) is 2.91. The van der Waals surface area contributed by atoms with Crippen LogP contribution >= 0.6 is 0 Å². The summed E-state index contributed by atoms with van der Waals surface area (Å²) in [5.74, 6) is -2.38. The third-order valence-electron chi connectivity index (χ3n) is 2.67. The molecule has 2 rings (SSSR count). The number of carbonyl (C=O) groups excluding carboxylic acids is 1. The van der Waals surface area contributed by atoms with Crippen molar-refractivity contribution in [3.63, 3.8) is 0 Å². The van der Waals surface area contributed by atoms with Crippen LogP contribution < -0.4 is 9.47 Å². The summed E-state index contributed by atoms with van der Waals surface area (Å²) in [5, 5.41) is 0. The Hall–Kier alpha value is -1.65.